The highest BCUT2D eigenvalue weighted by Crippen LogP contribution is 2.19. The third kappa shape index (κ3) is 4.53. The molecule has 0 fully saturated rings. The Hall–Kier alpha value is -3.59. The molecule has 0 radical (unpaired) electrons. The van der Waals surface area contributed by atoms with Gasteiger partial charge in [0.05, 0.1) is 30.9 Å². The van der Waals surface area contributed by atoms with Crippen molar-refractivity contribution >= 4 is 22.6 Å². The summed E-state index contributed by atoms with van der Waals surface area (Å²) >= 11 is 0. The Morgan fingerprint density at radius 1 is 1.07 bits per heavy atom. The molecule has 1 aromatic heterocycles. The molecule has 1 amide bonds. The van der Waals surface area contributed by atoms with Gasteiger partial charge in [-0.15, -0.1) is 0 Å². The van der Waals surface area contributed by atoms with E-state index in [-0.39, 0.29) is 25.4 Å². The van der Waals surface area contributed by atoms with Crippen molar-refractivity contribution in [3.63, 3.8) is 0 Å². The van der Waals surface area contributed by atoms with Crippen LogP contribution in [0.15, 0.2) is 65.3 Å². The number of ether oxygens (including phenoxy) is 1. The van der Waals surface area contributed by atoms with E-state index in [4.69, 9.17) is 14.4 Å². The van der Waals surface area contributed by atoms with Crippen molar-refractivity contribution in [1.82, 2.24) is 4.90 Å². The number of carbonyl (C=O) groups is 2. The predicted octanol–water partition coefficient (Wildman–Crippen LogP) is 3.53. The van der Waals surface area contributed by atoms with Crippen LogP contribution >= 0.6 is 0 Å². The fourth-order valence-electron chi connectivity index (χ4n) is 2.77. The van der Waals surface area contributed by atoms with Gasteiger partial charge in [0.25, 0.3) is 5.91 Å². The van der Waals surface area contributed by atoms with Crippen LogP contribution in [0.2, 0.25) is 0 Å². The summed E-state index contributed by atoms with van der Waals surface area (Å²) in [6, 6.07) is 18.3. The predicted molar refractivity (Wildman–Crippen MR) is 98.6 cm³/mol. The molecule has 136 valence electrons. The molecule has 0 spiro atoms. The van der Waals surface area contributed by atoms with Gasteiger partial charge in [-0.1, -0.05) is 36.4 Å². The van der Waals surface area contributed by atoms with Gasteiger partial charge < -0.3 is 14.1 Å². The minimum Gasteiger partial charge on any atom is -0.467 e. The number of nitriles is 1. The van der Waals surface area contributed by atoms with Gasteiger partial charge in [0.2, 0.25) is 0 Å². The van der Waals surface area contributed by atoms with E-state index in [9.17, 15) is 9.59 Å². The maximum atomic E-state index is 12.5. The molecule has 1 heterocycles. The summed E-state index contributed by atoms with van der Waals surface area (Å²) in [5.74, 6) is -0.338. The number of hydrogen-bond donors (Lipinski definition) is 0. The molecule has 6 nitrogen and oxygen atoms in total. The number of fused-ring (bicyclic) bond motifs is 1. The highest BCUT2D eigenvalue weighted by Gasteiger charge is 2.18. The molecule has 0 N–H and O–H groups in total. The van der Waals surface area contributed by atoms with Gasteiger partial charge >= 0.3 is 5.97 Å². The van der Waals surface area contributed by atoms with E-state index >= 15 is 0 Å². The Morgan fingerprint density at radius 2 is 1.89 bits per heavy atom. The zero-order chi connectivity index (χ0) is 19.1. The Labute approximate surface area is 156 Å². The van der Waals surface area contributed by atoms with E-state index in [1.54, 1.807) is 24.3 Å². The lowest BCUT2D eigenvalue weighted by molar-refractivity contribution is -0.135. The van der Waals surface area contributed by atoms with Crippen LogP contribution in [-0.2, 0) is 16.1 Å². The monoisotopic (exact) mass is 362 g/mol. The second kappa shape index (κ2) is 8.68. The quantitative estimate of drug-likeness (QED) is 0.600. The molecular weight excluding hydrogens is 344 g/mol. The fourth-order valence-corrected chi connectivity index (χ4v) is 2.77. The first-order chi connectivity index (χ1) is 13.2. The molecule has 0 bridgehead atoms. The van der Waals surface area contributed by atoms with Crippen LogP contribution in [0.5, 0.6) is 0 Å². The van der Waals surface area contributed by atoms with Crippen molar-refractivity contribution in [2.45, 2.75) is 13.0 Å². The molecule has 0 unspecified atom stereocenters. The maximum Gasteiger partial charge on any atom is 0.339 e. The van der Waals surface area contributed by atoms with Gasteiger partial charge in [0.1, 0.15) is 5.76 Å². The average molecular weight is 362 g/mol. The van der Waals surface area contributed by atoms with Crippen molar-refractivity contribution in [3.05, 3.63) is 72.2 Å². The molecule has 0 aliphatic heterocycles. The number of benzene rings is 2. The largest absolute Gasteiger partial charge is 0.467 e. The molecule has 0 saturated heterocycles. The molecule has 2 aromatic carbocycles. The van der Waals surface area contributed by atoms with E-state index in [1.165, 1.54) is 11.2 Å². The second-order valence-electron chi connectivity index (χ2n) is 5.91. The topological polar surface area (TPSA) is 83.5 Å². The van der Waals surface area contributed by atoms with Gasteiger partial charge in [0.15, 0.2) is 6.61 Å². The van der Waals surface area contributed by atoms with Gasteiger partial charge in [-0.2, -0.15) is 5.26 Å². The molecule has 0 aliphatic carbocycles. The first-order valence-electron chi connectivity index (χ1n) is 8.51. The van der Waals surface area contributed by atoms with E-state index < -0.39 is 12.6 Å². The lowest BCUT2D eigenvalue weighted by Gasteiger charge is -2.20. The highest BCUT2D eigenvalue weighted by atomic mass is 16.5. The minimum atomic E-state index is -0.557. The number of nitrogens with zero attached hydrogens (tertiary/aromatic N) is 2. The van der Waals surface area contributed by atoms with Gasteiger partial charge in [0, 0.05) is 6.54 Å². The molecule has 3 aromatic rings. The molecular formula is C21H18N2O4. The molecule has 3 rings (SSSR count). The van der Waals surface area contributed by atoms with Crippen LogP contribution in [0.4, 0.5) is 0 Å². The molecule has 6 heteroatoms. The lowest BCUT2D eigenvalue weighted by atomic mass is 10.1. The first kappa shape index (κ1) is 18.2. The van der Waals surface area contributed by atoms with E-state index in [0.717, 1.165) is 10.8 Å². The number of hydrogen-bond acceptors (Lipinski definition) is 5. The zero-order valence-electron chi connectivity index (χ0n) is 14.6. The fraction of sp³-hybridized carbons (Fsp3) is 0.190. The summed E-state index contributed by atoms with van der Waals surface area (Å²) in [6.45, 7) is 0.0649. The van der Waals surface area contributed by atoms with Gasteiger partial charge in [-0.3, -0.25) is 4.79 Å². The third-order valence-electron chi connectivity index (χ3n) is 4.11. The van der Waals surface area contributed by atoms with Crippen LogP contribution in [0.3, 0.4) is 0 Å². The van der Waals surface area contributed by atoms with Crippen LogP contribution in [0.1, 0.15) is 22.5 Å². The van der Waals surface area contributed by atoms with Crippen molar-refractivity contribution in [2.75, 3.05) is 13.2 Å². The molecule has 0 atom stereocenters. The molecule has 27 heavy (non-hydrogen) atoms. The van der Waals surface area contributed by atoms with Crippen LogP contribution in [0.25, 0.3) is 10.8 Å². The molecule has 0 saturated carbocycles. The zero-order valence-corrected chi connectivity index (χ0v) is 14.6. The van der Waals surface area contributed by atoms with Crippen LogP contribution in [0, 0.1) is 11.3 Å². The maximum absolute atomic E-state index is 12.5. The highest BCUT2D eigenvalue weighted by molar-refractivity contribution is 6.04. The number of carbonyl (C=O) groups excluding carboxylic acids is 2. The van der Waals surface area contributed by atoms with Gasteiger partial charge in [-0.05, 0) is 29.0 Å². The summed E-state index contributed by atoms with van der Waals surface area (Å²) < 4.78 is 10.5. The SMILES string of the molecule is N#CCCN(Cc1ccco1)C(=O)COC(=O)c1cccc2ccccc12. The number of furan rings is 1. The second-order valence-corrected chi connectivity index (χ2v) is 5.91. The smallest absolute Gasteiger partial charge is 0.339 e. The van der Waals surface area contributed by atoms with Crippen LogP contribution < -0.4 is 0 Å². The van der Waals surface area contributed by atoms with E-state index in [2.05, 4.69) is 0 Å². The molecule has 0 aliphatic rings. The van der Waals surface area contributed by atoms with Crippen molar-refractivity contribution < 1.29 is 18.7 Å². The van der Waals surface area contributed by atoms with E-state index in [1.807, 2.05) is 36.4 Å². The number of amides is 1. The Balaban J connectivity index is 1.67. The van der Waals surface area contributed by atoms with Crippen molar-refractivity contribution in [2.24, 2.45) is 0 Å². The Kier molecular flexibility index (Phi) is 5.85. The summed E-state index contributed by atoms with van der Waals surface area (Å²) in [5, 5.41) is 10.5. The lowest BCUT2D eigenvalue weighted by Crippen LogP contribution is -2.35. The number of esters is 1. The average Bonchev–Trinajstić information content (AvgIpc) is 3.21. The summed E-state index contributed by atoms with van der Waals surface area (Å²) in [7, 11) is 0. The summed E-state index contributed by atoms with van der Waals surface area (Å²) in [4.78, 5) is 26.4. The Bertz CT molecular complexity index is 968. The summed E-state index contributed by atoms with van der Waals surface area (Å²) in [5.41, 5.74) is 0.413. The van der Waals surface area contributed by atoms with E-state index in [0.29, 0.717) is 11.3 Å². The van der Waals surface area contributed by atoms with Crippen molar-refractivity contribution in [3.8, 4) is 6.07 Å². The number of rotatable bonds is 7. The van der Waals surface area contributed by atoms with Crippen molar-refractivity contribution in [1.29, 1.82) is 5.26 Å². The standard InChI is InChI=1S/C21H18N2O4/c22-11-5-12-23(14-17-8-4-13-26-17)20(24)15-27-21(25)19-10-3-7-16-6-1-2-9-18(16)19/h1-4,6-10,13H,5,12,14-15H2. The van der Waals surface area contributed by atoms with Crippen LogP contribution in [-0.4, -0.2) is 29.9 Å². The van der Waals surface area contributed by atoms with Gasteiger partial charge in [-0.25, -0.2) is 4.79 Å². The Morgan fingerprint density at radius 3 is 2.67 bits per heavy atom. The first-order valence-corrected chi connectivity index (χ1v) is 8.51. The minimum absolute atomic E-state index is 0.184. The third-order valence-corrected chi connectivity index (χ3v) is 4.11. The summed E-state index contributed by atoms with van der Waals surface area (Å²) in [6.07, 6.45) is 1.70. The normalized spacial score (nSPS) is 10.3.